The lowest BCUT2D eigenvalue weighted by molar-refractivity contribution is -0.123. The third kappa shape index (κ3) is 5.46. The predicted octanol–water partition coefficient (Wildman–Crippen LogP) is 2.73. The van der Waals surface area contributed by atoms with Gasteiger partial charge in [0.25, 0.3) is 5.91 Å². The maximum atomic E-state index is 13.5. The normalized spacial score (nSPS) is 15.0. The number of benzene rings is 2. The Morgan fingerprint density at radius 2 is 1.97 bits per heavy atom. The number of nitrogens with zero attached hydrogens (tertiary/aromatic N) is 4. The van der Waals surface area contributed by atoms with E-state index >= 15 is 0 Å². The number of para-hydroxylation sites is 1. The number of rotatable bonds is 7. The average Bonchev–Trinajstić information content (AvgIpc) is 3.08. The van der Waals surface area contributed by atoms with E-state index < -0.39 is 0 Å². The van der Waals surface area contributed by atoms with Crippen molar-refractivity contribution in [2.75, 3.05) is 19.7 Å². The Kier molecular flexibility index (Phi) is 6.57. The van der Waals surface area contributed by atoms with Crippen molar-refractivity contribution >= 4 is 5.91 Å². The largest absolute Gasteiger partial charge is 0.484 e. The first-order chi connectivity index (χ1) is 15.1. The zero-order valence-electron chi connectivity index (χ0n) is 17.5. The number of halogens is 1. The number of carbonyl (C=O) groups excluding carboxylic acids is 1. The van der Waals surface area contributed by atoms with Crippen LogP contribution in [0.1, 0.15) is 30.2 Å². The summed E-state index contributed by atoms with van der Waals surface area (Å²) >= 11 is 0. The lowest BCUT2D eigenvalue weighted by Crippen LogP contribution is -2.33. The van der Waals surface area contributed by atoms with Crippen LogP contribution in [0.2, 0.25) is 0 Å². The van der Waals surface area contributed by atoms with Gasteiger partial charge in [-0.3, -0.25) is 9.69 Å². The number of nitrogens with one attached hydrogen (secondary N) is 1. The molecule has 1 amide bonds. The van der Waals surface area contributed by atoms with Crippen molar-refractivity contribution in [3.63, 3.8) is 0 Å². The molecule has 0 spiro atoms. The molecule has 162 valence electrons. The number of aromatic nitrogens is 3. The van der Waals surface area contributed by atoms with Crippen LogP contribution >= 0.6 is 0 Å². The predicted molar refractivity (Wildman–Crippen MR) is 114 cm³/mol. The molecule has 8 heteroatoms. The maximum absolute atomic E-state index is 13.5. The first kappa shape index (κ1) is 21.0. The number of hydrogen-bond donors (Lipinski definition) is 1. The highest BCUT2D eigenvalue weighted by Gasteiger charge is 2.23. The minimum absolute atomic E-state index is 0.0588. The van der Waals surface area contributed by atoms with Crippen molar-refractivity contribution in [3.05, 3.63) is 77.6 Å². The summed E-state index contributed by atoms with van der Waals surface area (Å²) in [6.45, 7) is 4.86. The molecular formula is C23H26FN5O2. The first-order valence-electron chi connectivity index (χ1n) is 10.4. The van der Waals surface area contributed by atoms with Gasteiger partial charge in [0.1, 0.15) is 17.4 Å². The molecule has 1 N–H and O–H groups in total. The van der Waals surface area contributed by atoms with Crippen molar-refractivity contribution in [1.82, 2.24) is 25.0 Å². The first-order valence-corrected chi connectivity index (χ1v) is 10.4. The van der Waals surface area contributed by atoms with Crippen LogP contribution in [0, 0.1) is 5.82 Å². The molecule has 0 aliphatic carbocycles. The van der Waals surface area contributed by atoms with Gasteiger partial charge in [-0.15, -0.1) is 10.2 Å². The van der Waals surface area contributed by atoms with Crippen molar-refractivity contribution in [2.24, 2.45) is 0 Å². The van der Waals surface area contributed by atoms with E-state index in [2.05, 4.69) is 25.0 Å². The highest BCUT2D eigenvalue weighted by molar-refractivity contribution is 5.77. The minimum Gasteiger partial charge on any atom is -0.484 e. The molecule has 3 aromatic rings. The minimum atomic E-state index is -0.289. The third-order valence-corrected chi connectivity index (χ3v) is 5.32. The molecule has 1 atom stereocenters. The van der Waals surface area contributed by atoms with Crippen LogP contribution in [-0.2, 0) is 24.3 Å². The molecule has 1 unspecified atom stereocenters. The van der Waals surface area contributed by atoms with Gasteiger partial charge in [-0.1, -0.05) is 30.3 Å². The highest BCUT2D eigenvalue weighted by atomic mass is 19.1. The molecule has 0 bridgehead atoms. The van der Waals surface area contributed by atoms with Gasteiger partial charge in [0.15, 0.2) is 12.4 Å². The Morgan fingerprint density at radius 3 is 2.77 bits per heavy atom. The highest BCUT2D eigenvalue weighted by Crippen LogP contribution is 2.17. The molecule has 0 radical (unpaired) electrons. The Labute approximate surface area is 180 Å². The van der Waals surface area contributed by atoms with Crippen LogP contribution in [0.25, 0.3) is 0 Å². The molecule has 31 heavy (non-hydrogen) atoms. The quantitative estimate of drug-likeness (QED) is 0.633. The van der Waals surface area contributed by atoms with Crippen molar-refractivity contribution in [3.8, 4) is 5.75 Å². The second-order valence-corrected chi connectivity index (χ2v) is 7.67. The van der Waals surface area contributed by atoms with Crippen LogP contribution in [0.15, 0.2) is 54.6 Å². The summed E-state index contributed by atoms with van der Waals surface area (Å²) < 4.78 is 21.1. The van der Waals surface area contributed by atoms with Gasteiger partial charge in [-0.25, -0.2) is 4.39 Å². The van der Waals surface area contributed by atoms with Gasteiger partial charge in [0, 0.05) is 32.6 Å². The number of fused-ring (bicyclic) bond motifs is 1. The van der Waals surface area contributed by atoms with Crippen molar-refractivity contribution in [1.29, 1.82) is 0 Å². The fraction of sp³-hybridized carbons (Fsp3) is 0.348. The molecule has 0 saturated carbocycles. The summed E-state index contributed by atoms with van der Waals surface area (Å²) in [5.74, 6) is 1.86. The van der Waals surface area contributed by atoms with E-state index in [4.69, 9.17) is 4.74 Å². The Morgan fingerprint density at radius 1 is 1.13 bits per heavy atom. The van der Waals surface area contributed by atoms with Crippen LogP contribution in [0.3, 0.4) is 0 Å². The number of carbonyl (C=O) groups is 1. The summed E-state index contributed by atoms with van der Waals surface area (Å²) in [7, 11) is 0. The van der Waals surface area contributed by atoms with E-state index in [1.165, 1.54) is 6.07 Å². The van der Waals surface area contributed by atoms with E-state index in [0.29, 0.717) is 18.8 Å². The lowest BCUT2D eigenvalue weighted by Gasteiger charge is -2.20. The molecule has 1 aliphatic rings. The summed E-state index contributed by atoms with van der Waals surface area (Å²) in [5.41, 5.74) is 0.955. The molecule has 0 saturated heterocycles. The number of ether oxygens (including phenoxy) is 1. The second-order valence-electron chi connectivity index (χ2n) is 7.67. The number of hydrogen-bond acceptors (Lipinski definition) is 5. The molecule has 4 rings (SSSR count). The smallest absolute Gasteiger partial charge is 0.258 e. The molecule has 1 aromatic heterocycles. The van der Waals surface area contributed by atoms with Gasteiger partial charge in [-0.05, 0) is 36.8 Å². The topological polar surface area (TPSA) is 72.3 Å². The molecule has 7 nitrogen and oxygen atoms in total. The van der Waals surface area contributed by atoms with E-state index in [1.807, 2.05) is 43.3 Å². The number of amides is 1. The standard InChI is InChI=1S/C23H26FN5O2/c1-17(25-22(30)16-31-20-8-3-2-4-9-20)23-27-26-21-10-11-28(12-13-29(21)23)15-18-6-5-7-19(24)14-18/h2-9,14,17H,10-13,15-16H2,1H3,(H,25,30). The van der Waals surface area contributed by atoms with Gasteiger partial charge >= 0.3 is 0 Å². The molecule has 1 aliphatic heterocycles. The van der Waals surface area contributed by atoms with Crippen LogP contribution in [-0.4, -0.2) is 45.3 Å². The average molecular weight is 423 g/mol. The third-order valence-electron chi connectivity index (χ3n) is 5.32. The molecule has 0 fully saturated rings. The summed E-state index contributed by atoms with van der Waals surface area (Å²) in [4.78, 5) is 14.6. The summed E-state index contributed by atoms with van der Waals surface area (Å²) in [6.07, 6.45) is 0.750. The van der Waals surface area contributed by atoms with Crippen LogP contribution in [0.5, 0.6) is 5.75 Å². The van der Waals surface area contributed by atoms with Gasteiger partial charge < -0.3 is 14.6 Å². The second kappa shape index (κ2) is 9.70. The van der Waals surface area contributed by atoms with Gasteiger partial charge in [0.2, 0.25) is 0 Å². The Balaban J connectivity index is 1.33. The fourth-order valence-electron chi connectivity index (χ4n) is 3.77. The molecule has 2 aromatic carbocycles. The van der Waals surface area contributed by atoms with E-state index in [9.17, 15) is 9.18 Å². The Hall–Kier alpha value is -3.26. The summed E-state index contributed by atoms with van der Waals surface area (Å²) in [5, 5.41) is 11.6. The monoisotopic (exact) mass is 423 g/mol. The van der Waals surface area contributed by atoms with Crippen LogP contribution in [0.4, 0.5) is 4.39 Å². The van der Waals surface area contributed by atoms with Gasteiger partial charge in [0.05, 0.1) is 6.04 Å². The van der Waals surface area contributed by atoms with Crippen molar-refractivity contribution in [2.45, 2.75) is 32.5 Å². The van der Waals surface area contributed by atoms with E-state index in [0.717, 1.165) is 36.7 Å². The van der Waals surface area contributed by atoms with E-state index in [1.54, 1.807) is 12.1 Å². The SMILES string of the molecule is CC(NC(=O)COc1ccccc1)c1nnc2n1CCN(Cc1cccc(F)c1)CC2. The maximum Gasteiger partial charge on any atom is 0.258 e. The van der Waals surface area contributed by atoms with Crippen molar-refractivity contribution < 1.29 is 13.9 Å². The fourth-order valence-corrected chi connectivity index (χ4v) is 3.77. The zero-order valence-corrected chi connectivity index (χ0v) is 17.5. The molecule has 2 heterocycles. The Bertz CT molecular complexity index is 1020. The molecular weight excluding hydrogens is 397 g/mol. The zero-order chi connectivity index (χ0) is 21.6. The van der Waals surface area contributed by atoms with E-state index in [-0.39, 0.29) is 24.4 Å². The van der Waals surface area contributed by atoms with Crippen LogP contribution < -0.4 is 10.1 Å². The summed E-state index contributed by atoms with van der Waals surface area (Å²) in [6, 6.07) is 15.7. The van der Waals surface area contributed by atoms with Gasteiger partial charge in [-0.2, -0.15) is 0 Å². The lowest BCUT2D eigenvalue weighted by atomic mass is 10.2.